The summed E-state index contributed by atoms with van der Waals surface area (Å²) in [5.74, 6) is -4.67. The van der Waals surface area contributed by atoms with Gasteiger partial charge in [0, 0.05) is 38.6 Å². The number of likely N-dealkylation sites (tertiary alicyclic amines) is 1. The summed E-state index contributed by atoms with van der Waals surface area (Å²) >= 11 is 0. The molecular weight excluding hydrogens is 475 g/mol. The van der Waals surface area contributed by atoms with E-state index in [9.17, 15) is 26.7 Å². The first kappa shape index (κ1) is 24.4. The fraction of sp³-hybridized carbons (Fsp3) is 0.429. The van der Waals surface area contributed by atoms with E-state index in [1.54, 1.807) is 25.1 Å². The van der Waals surface area contributed by atoms with Crippen LogP contribution in [0.2, 0.25) is 0 Å². The summed E-state index contributed by atoms with van der Waals surface area (Å²) in [6, 6.07) is 4.25. The molecule has 3 aromatic rings. The lowest BCUT2D eigenvalue weighted by Gasteiger charge is -2.43. The summed E-state index contributed by atoms with van der Waals surface area (Å²) in [5.41, 5.74) is -0.645. The van der Waals surface area contributed by atoms with Crippen LogP contribution in [0.3, 0.4) is 0 Å². The quantitative estimate of drug-likeness (QED) is 0.541. The third kappa shape index (κ3) is 5.35. The summed E-state index contributed by atoms with van der Waals surface area (Å²) in [6.07, 6.45) is -2.31. The third-order valence-electron chi connectivity index (χ3n) is 5.61. The van der Waals surface area contributed by atoms with Gasteiger partial charge in [0.1, 0.15) is 5.69 Å². The molecular formula is C21H21F5N8O. The summed E-state index contributed by atoms with van der Waals surface area (Å²) in [7, 11) is 1.50. The van der Waals surface area contributed by atoms with Gasteiger partial charge >= 0.3 is 6.18 Å². The molecule has 1 N–H and O–H groups in total. The van der Waals surface area contributed by atoms with E-state index in [0.717, 1.165) is 9.70 Å². The third-order valence-corrected chi connectivity index (χ3v) is 5.61. The van der Waals surface area contributed by atoms with Gasteiger partial charge in [0.2, 0.25) is 5.95 Å². The van der Waals surface area contributed by atoms with Crippen molar-refractivity contribution in [3.8, 4) is 11.4 Å². The molecule has 4 heterocycles. The van der Waals surface area contributed by atoms with Crippen LogP contribution in [0.1, 0.15) is 29.4 Å². The number of nitrogens with zero attached hydrogens (tertiary/aromatic N) is 7. The molecule has 0 spiro atoms. The van der Waals surface area contributed by atoms with Gasteiger partial charge in [-0.2, -0.15) is 23.1 Å². The summed E-state index contributed by atoms with van der Waals surface area (Å²) in [5, 5.41) is 11.0. The van der Waals surface area contributed by atoms with E-state index < -0.39 is 48.5 Å². The SMILES string of the molecule is C[C@@H]1CC(F)(F)CN(C(=O)c2nn(C)nc2-c2ccccn2)[C@@H]1CNc1ncc(C(F)(F)F)cn1. The van der Waals surface area contributed by atoms with Crippen molar-refractivity contribution in [1.29, 1.82) is 0 Å². The zero-order chi connectivity index (χ0) is 25.4. The van der Waals surface area contributed by atoms with Crippen molar-refractivity contribution in [3.05, 3.63) is 48.0 Å². The van der Waals surface area contributed by atoms with E-state index in [1.165, 1.54) is 13.2 Å². The highest BCUT2D eigenvalue weighted by atomic mass is 19.4. The lowest BCUT2D eigenvalue weighted by molar-refractivity contribution is -0.138. The Balaban J connectivity index is 1.60. The highest BCUT2D eigenvalue weighted by Gasteiger charge is 2.47. The number of carbonyl (C=O) groups is 1. The Labute approximate surface area is 196 Å². The molecule has 14 heteroatoms. The predicted octanol–water partition coefficient (Wildman–Crippen LogP) is 3.28. The Morgan fingerprint density at radius 3 is 2.51 bits per heavy atom. The van der Waals surface area contributed by atoms with Crippen molar-refractivity contribution >= 4 is 11.9 Å². The number of hydrogen-bond donors (Lipinski definition) is 1. The van der Waals surface area contributed by atoms with Gasteiger partial charge in [0.15, 0.2) is 5.69 Å². The number of aryl methyl sites for hydroxylation is 1. The van der Waals surface area contributed by atoms with Gasteiger partial charge in [-0.05, 0) is 18.1 Å². The van der Waals surface area contributed by atoms with Crippen molar-refractivity contribution in [2.24, 2.45) is 13.0 Å². The minimum Gasteiger partial charge on any atom is -0.352 e. The Hall–Kier alpha value is -3.71. The van der Waals surface area contributed by atoms with Crippen LogP contribution in [0, 0.1) is 5.92 Å². The molecule has 1 fully saturated rings. The highest BCUT2D eigenvalue weighted by Crippen LogP contribution is 2.36. The molecule has 1 aliphatic heterocycles. The molecule has 9 nitrogen and oxygen atoms in total. The summed E-state index contributed by atoms with van der Waals surface area (Å²) in [4.78, 5) is 27.1. The number of anilines is 1. The minimum atomic E-state index is -4.59. The van der Waals surface area contributed by atoms with E-state index in [2.05, 4.69) is 30.5 Å². The molecule has 0 aliphatic carbocycles. The van der Waals surface area contributed by atoms with Crippen molar-refractivity contribution < 1.29 is 26.7 Å². The number of carbonyl (C=O) groups excluding carboxylic acids is 1. The maximum Gasteiger partial charge on any atom is 0.419 e. The second-order valence-corrected chi connectivity index (χ2v) is 8.31. The first-order valence-electron chi connectivity index (χ1n) is 10.6. The molecule has 0 saturated carbocycles. The van der Waals surface area contributed by atoms with Gasteiger partial charge < -0.3 is 10.2 Å². The van der Waals surface area contributed by atoms with Crippen LogP contribution >= 0.6 is 0 Å². The average molecular weight is 496 g/mol. The Morgan fingerprint density at radius 2 is 1.89 bits per heavy atom. The molecule has 0 bridgehead atoms. The largest absolute Gasteiger partial charge is 0.419 e. The fourth-order valence-electron chi connectivity index (χ4n) is 4.00. The number of piperidine rings is 1. The molecule has 1 saturated heterocycles. The summed E-state index contributed by atoms with van der Waals surface area (Å²) < 4.78 is 67.2. The average Bonchev–Trinajstić information content (AvgIpc) is 3.19. The molecule has 3 aromatic heterocycles. The van der Waals surface area contributed by atoms with Crippen LogP contribution in [-0.4, -0.2) is 65.8 Å². The molecule has 186 valence electrons. The molecule has 2 atom stereocenters. The van der Waals surface area contributed by atoms with Crippen LogP contribution in [0.4, 0.5) is 27.9 Å². The maximum absolute atomic E-state index is 14.5. The molecule has 0 radical (unpaired) electrons. The maximum atomic E-state index is 14.5. The fourth-order valence-corrected chi connectivity index (χ4v) is 4.00. The number of nitrogens with one attached hydrogen (secondary N) is 1. The highest BCUT2D eigenvalue weighted by molar-refractivity contribution is 5.97. The Morgan fingerprint density at radius 1 is 1.17 bits per heavy atom. The van der Waals surface area contributed by atoms with E-state index >= 15 is 0 Å². The van der Waals surface area contributed by atoms with E-state index in [1.807, 2.05) is 0 Å². The Kier molecular flexibility index (Phi) is 6.38. The number of pyridine rings is 1. The van der Waals surface area contributed by atoms with Gasteiger partial charge in [-0.3, -0.25) is 9.78 Å². The zero-order valence-corrected chi connectivity index (χ0v) is 18.7. The van der Waals surface area contributed by atoms with Crippen LogP contribution in [0.25, 0.3) is 11.4 Å². The number of halogens is 5. The molecule has 1 amide bonds. The second kappa shape index (κ2) is 9.15. The molecule has 0 aromatic carbocycles. The van der Waals surface area contributed by atoms with Crippen LogP contribution in [-0.2, 0) is 13.2 Å². The standard InChI is InChI=1S/C21H21F5N8O/c1-12-7-20(22,23)11-34(15(12)10-30-19-28-8-13(9-29-19)21(24,25)26)18(35)17-16(31-33(2)32-17)14-5-3-4-6-27-14/h3-6,8-9,12,15H,7,10-11H2,1-2H3,(H,28,29,30)/t12-,15-/m1/s1. The number of amides is 1. The van der Waals surface area contributed by atoms with Gasteiger partial charge in [-0.15, -0.1) is 5.10 Å². The number of aromatic nitrogens is 6. The van der Waals surface area contributed by atoms with Crippen molar-refractivity contribution in [3.63, 3.8) is 0 Å². The lowest BCUT2D eigenvalue weighted by atomic mass is 9.88. The monoisotopic (exact) mass is 496 g/mol. The molecule has 4 rings (SSSR count). The number of rotatable bonds is 5. The minimum absolute atomic E-state index is 0.0620. The zero-order valence-electron chi connectivity index (χ0n) is 18.7. The van der Waals surface area contributed by atoms with Gasteiger partial charge in [0.25, 0.3) is 11.8 Å². The first-order chi connectivity index (χ1) is 16.4. The lowest BCUT2D eigenvalue weighted by Crippen LogP contribution is -2.57. The molecule has 0 unspecified atom stereocenters. The topological polar surface area (TPSA) is 102 Å². The van der Waals surface area contributed by atoms with Crippen LogP contribution in [0.5, 0.6) is 0 Å². The first-order valence-corrected chi connectivity index (χ1v) is 10.6. The molecule has 35 heavy (non-hydrogen) atoms. The smallest absolute Gasteiger partial charge is 0.352 e. The van der Waals surface area contributed by atoms with Crippen molar-refractivity contribution in [2.45, 2.75) is 31.5 Å². The number of hydrogen-bond acceptors (Lipinski definition) is 7. The number of alkyl halides is 5. The van der Waals surface area contributed by atoms with Crippen molar-refractivity contribution in [2.75, 3.05) is 18.4 Å². The van der Waals surface area contributed by atoms with Gasteiger partial charge in [0.05, 0.1) is 23.8 Å². The summed E-state index contributed by atoms with van der Waals surface area (Å²) in [6.45, 7) is 0.659. The molecule has 1 aliphatic rings. The normalized spacial score (nSPS) is 20.0. The van der Waals surface area contributed by atoms with Crippen LogP contribution < -0.4 is 5.32 Å². The van der Waals surface area contributed by atoms with Gasteiger partial charge in [-0.25, -0.2) is 18.7 Å². The van der Waals surface area contributed by atoms with Crippen molar-refractivity contribution in [1.82, 2.24) is 34.8 Å². The van der Waals surface area contributed by atoms with E-state index in [-0.39, 0.29) is 23.9 Å². The van der Waals surface area contributed by atoms with E-state index in [4.69, 9.17) is 0 Å². The predicted molar refractivity (Wildman–Crippen MR) is 113 cm³/mol. The second-order valence-electron chi connectivity index (χ2n) is 8.31. The van der Waals surface area contributed by atoms with Crippen LogP contribution in [0.15, 0.2) is 36.8 Å². The Bertz CT molecular complexity index is 1180. The van der Waals surface area contributed by atoms with Gasteiger partial charge in [-0.1, -0.05) is 13.0 Å². The van der Waals surface area contributed by atoms with E-state index in [0.29, 0.717) is 18.1 Å².